The molecule has 0 saturated heterocycles. The predicted molar refractivity (Wildman–Crippen MR) is 72.0 cm³/mol. The van der Waals surface area contributed by atoms with Gasteiger partial charge in [-0.3, -0.25) is 4.79 Å². The minimum Gasteiger partial charge on any atom is -0.398 e. The van der Waals surface area contributed by atoms with Crippen LogP contribution in [0.1, 0.15) is 25.8 Å². The summed E-state index contributed by atoms with van der Waals surface area (Å²) in [6.07, 6.45) is 0.940. The van der Waals surface area contributed by atoms with E-state index in [0.717, 1.165) is 23.4 Å². The van der Waals surface area contributed by atoms with E-state index in [1.165, 1.54) is 0 Å². The Labute approximate surface area is 103 Å². The van der Waals surface area contributed by atoms with E-state index in [9.17, 15) is 4.79 Å². The first-order valence-corrected chi connectivity index (χ1v) is 5.95. The van der Waals surface area contributed by atoms with Gasteiger partial charge in [0.2, 0.25) is 5.91 Å². The number of nitrogens with two attached hydrogens (primary N) is 1. The summed E-state index contributed by atoms with van der Waals surface area (Å²) < 4.78 is 0. The van der Waals surface area contributed by atoms with E-state index in [0.29, 0.717) is 6.54 Å². The van der Waals surface area contributed by atoms with Gasteiger partial charge in [-0.05, 0) is 38.0 Å². The third-order valence-electron chi connectivity index (χ3n) is 2.69. The zero-order chi connectivity index (χ0) is 12.8. The molecule has 0 aliphatic rings. The molecule has 0 aromatic heterocycles. The highest BCUT2D eigenvalue weighted by atomic mass is 16.2. The van der Waals surface area contributed by atoms with Crippen LogP contribution in [0.3, 0.4) is 0 Å². The van der Waals surface area contributed by atoms with Crippen LogP contribution >= 0.6 is 0 Å². The Balaban J connectivity index is 2.64. The Bertz CT molecular complexity index is 390. The number of nitrogens with one attached hydrogen (secondary N) is 2. The molecule has 0 spiro atoms. The monoisotopic (exact) mass is 235 g/mol. The van der Waals surface area contributed by atoms with Crippen LogP contribution in [0.5, 0.6) is 0 Å². The van der Waals surface area contributed by atoms with E-state index in [2.05, 4.69) is 10.6 Å². The number of hydrogen-bond acceptors (Lipinski definition) is 3. The average Bonchev–Trinajstić information content (AvgIpc) is 2.31. The molecule has 1 aromatic rings. The summed E-state index contributed by atoms with van der Waals surface area (Å²) in [6, 6.07) is 5.39. The second-order valence-electron chi connectivity index (χ2n) is 4.18. The van der Waals surface area contributed by atoms with Gasteiger partial charge in [0.25, 0.3) is 0 Å². The molecule has 0 radical (unpaired) electrons. The van der Waals surface area contributed by atoms with Crippen molar-refractivity contribution in [1.29, 1.82) is 0 Å². The fraction of sp³-hybridized carbons (Fsp3) is 0.462. The van der Waals surface area contributed by atoms with Crippen LogP contribution in [-0.2, 0) is 4.79 Å². The van der Waals surface area contributed by atoms with Crippen LogP contribution in [0.25, 0.3) is 0 Å². The molecular weight excluding hydrogens is 214 g/mol. The maximum Gasteiger partial charge on any atom is 0.242 e. The number of carbonyl (C=O) groups is 1. The smallest absolute Gasteiger partial charge is 0.242 e. The molecule has 1 aromatic carbocycles. The van der Waals surface area contributed by atoms with E-state index >= 15 is 0 Å². The molecule has 4 heteroatoms. The van der Waals surface area contributed by atoms with E-state index in [4.69, 9.17) is 5.73 Å². The van der Waals surface area contributed by atoms with Crippen LogP contribution in [0.4, 0.5) is 11.4 Å². The third-order valence-corrected chi connectivity index (χ3v) is 2.69. The number of anilines is 2. The van der Waals surface area contributed by atoms with Crippen LogP contribution in [0.15, 0.2) is 18.2 Å². The zero-order valence-corrected chi connectivity index (χ0v) is 10.7. The lowest BCUT2D eigenvalue weighted by molar-refractivity contribution is -0.121. The molecule has 17 heavy (non-hydrogen) atoms. The van der Waals surface area contributed by atoms with Crippen molar-refractivity contribution in [3.05, 3.63) is 23.8 Å². The lowest BCUT2D eigenvalue weighted by Crippen LogP contribution is -2.38. The minimum absolute atomic E-state index is 0.00803. The molecule has 1 amide bonds. The van der Waals surface area contributed by atoms with Crippen molar-refractivity contribution in [2.75, 3.05) is 17.6 Å². The first-order valence-electron chi connectivity index (χ1n) is 5.95. The standard InChI is InChI=1S/C13H21N3O/c1-4-8-15-13(17)10(3)16-12-7-5-6-11(14)9(12)2/h5-7,10,16H,4,8,14H2,1-3H3,(H,15,17). The SMILES string of the molecule is CCCNC(=O)C(C)Nc1cccc(N)c1C. The van der Waals surface area contributed by atoms with E-state index in [1.807, 2.05) is 39.0 Å². The largest absolute Gasteiger partial charge is 0.398 e. The Morgan fingerprint density at radius 3 is 2.82 bits per heavy atom. The number of hydrogen-bond donors (Lipinski definition) is 3. The molecule has 1 unspecified atom stereocenters. The summed E-state index contributed by atoms with van der Waals surface area (Å²) in [5, 5.41) is 6.02. The van der Waals surface area contributed by atoms with Gasteiger partial charge < -0.3 is 16.4 Å². The maximum absolute atomic E-state index is 11.7. The van der Waals surface area contributed by atoms with Crippen LogP contribution in [0.2, 0.25) is 0 Å². The Morgan fingerprint density at radius 1 is 1.47 bits per heavy atom. The quantitative estimate of drug-likeness (QED) is 0.683. The summed E-state index contributed by atoms with van der Waals surface area (Å²) in [4.78, 5) is 11.7. The Hall–Kier alpha value is -1.71. The molecule has 0 aliphatic heterocycles. The van der Waals surface area contributed by atoms with Gasteiger partial charge in [-0.2, -0.15) is 0 Å². The van der Waals surface area contributed by atoms with Gasteiger partial charge in [0, 0.05) is 17.9 Å². The van der Waals surface area contributed by atoms with Crippen molar-refractivity contribution in [3.63, 3.8) is 0 Å². The fourth-order valence-corrected chi connectivity index (χ4v) is 1.51. The fourth-order valence-electron chi connectivity index (χ4n) is 1.51. The third kappa shape index (κ3) is 3.66. The molecule has 4 N–H and O–H groups in total. The van der Waals surface area contributed by atoms with Crippen molar-refractivity contribution >= 4 is 17.3 Å². The normalized spacial score (nSPS) is 11.9. The van der Waals surface area contributed by atoms with Gasteiger partial charge in [0.05, 0.1) is 0 Å². The average molecular weight is 235 g/mol. The van der Waals surface area contributed by atoms with Crippen LogP contribution in [-0.4, -0.2) is 18.5 Å². The molecule has 0 aliphatic carbocycles. The lowest BCUT2D eigenvalue weighted by atomic mass is 10.1. The summed E-state index contributed by atoms with van der Waals surface area (Å²) in [5.41, 5.74) is 8.43. The molecule has 4 nitrogen and oxygen atoms in total. The molecular formula is C13H21N3O. The van der Waals surface area contributed by atoms with E-state index in [-0.39, 0.29) is 11.9 Å². The van der Waals surface area contributed by atoms with Gasteiger partial charge in [-0.1, -0.05) is 13.0 Å². The van der Waals surface area contributed by atoms with Crippen molar-refractivity contribution in [3.8, 4) is 0 Å². The van der Waals surface area contributed by atoms with Crippen molar-refractivity contribution in [2.45, 2.75) is 33.2 Å². The van der Waals surface area contributed by atoms with Crippen LogP contribution in [0, 0.1) is 6.92 Å². The molecule has 1 rings (SSSR count). The number of amides is 1. The van der Waals surface area contributed by atoms with Gasteiger partial charge in [-0.15, -0.1) is 0 Å². The molecule has 0 heterocycles. The number of nitrogen functional groups attached to an aromatic ring is 1. The number of rotatable bonds is 5. The first kappa shape index (κ1) is 13.4. The van der Waals surface area contributed by atoms with Crippen molar-refractivity contribution < 1.29 is 4.79 Å². The topological polar surface area (TPSA) is 67.2 Å². The van der Waals surface area contributed by atoms with Crippen molar-refractivity contribution in [1.82, 2.24) is 5.32 Å². The molecule has 0 fully saturated rings. The Kier molecular flexibility index (Phi) is 4.82. The summed E-state index contributed by atoms with van der Waals surface area (Å²) >= 11 is 0. The van der Waals surface area contributed by atoms with Gasteiger partial charge in [-0.25, -0.2) is 0 Å². The predicted octanol–water partition coefficient (Wildman–Crippen LogP) is 1.90. The number of carbonyl (C=O) groups excluding carboxylic acids is 1. The highest BCUT2D eigenvalue weighted by Gasteiger charge is 2.12. The molecule has 0 bridgehead atoms. The zero-order valence-electron chi connectivity index (χ0n) is 10.7. The second-order valence-corrected chi connectivity index (χ2v) is 4.18. The first-order chi connectivity index (χ1) is 8.06. The van der Waals surface area contributed by atoms with E-state index in [1.54, 1.807) is 0 Å². The highest BCUT2D eigenvalue weighted by Crippen LogP contribution is 2.21. The van der Waals surface area contributed by atoms with Gasteiger partial charge in [0.15, 0.2) is 0 Å². The van der Waals surface area contributed by atoms with Gasteiger partial charge in [0.1, 0.15) is 6.04 Å². The van der Waals surface area contributed by atoms with Crippen LogP contribution < -0.4 is 16.4 Å². The van der Waals surface area contributed by atoms with Crippen molar-refractivity contribution in [2.24, 2.45) is 0 Å². The molecule has 0 saturated carbocycles. The Morgan fingerprint density at radius 2 is 2.18 bits per heavy atom. The number of benzene rings is 1. The minimum atomic E-state index is -0.262. The molecule has 94 valence electrons. The van der Waals surface area contributed by atoms with E-state index < -0.39 is 0 Å². The molecule has 1 atom stereocenters. The summed E-state index contributed by atoms with van der Waals surface area (Å²) in [6.45, 7) is 6.52. The summed E-state index contributed by atoms with van der Waals surface area (Å²) in [7, 11) is 0. The maximum atomic E-state index is 11.7. The summed E-state index contributed by atoms with van der Waals surface area (Å²) in [5.74, 6) is 0.00803. The lowest BCUT2D eigenvalue weighted by Gasteiger charge is -2.17. The second kappa shape index (κ2) is 6.13. The van der Waals surface area contributed by atoms with Gasteiger partial charge >= 0.3 is 0 Å². The highest BCUT2D eigenvalue weighted by molar-refractivity contribution is 5.84.